The van der Waals surface area contributed by atoms with Crippen LogP contribution in [0.1, 0.15) is 11.4 Å². The standard InChI is InChI=1S/C23H18F3N5O/c1-15-30-21(11-22(31-15)29-12-16-6-8-27-9-7-16)19-10-18(13-28-14-19)17-2-4-20(5-3-17)32-23(24,25)26/h2-11,13-14H,12H2,1H3,(H,29,30,31). The van der Waals surface area contributed by atoms with E-state index in [1.165, 1.54) is 12.1 Å². The van der Waals surface area contributed by atoms with Crippen LogP contribution in [0.4, 0.5) is 19.0 Å². The van der Waals surface area contributed by atoms with E-state index in [1.807, 2.05) is 24.3 Å². The van der Waals surface area contributed by atoms with Crippen molar-refractivity contribution in [3.8, 4) is 28.1 Å². The zero-order chi connectivity index (χ0) is 22.6. The normalized spacial score (nSPS) is 11.2. The number of benzene rings is 1. The maximum absolute atomic E-state index is 12.4. The van der Waals surface area contributed by atoms with Gasteiger partial charge in [0.05, 0.1) is 5.69 Å². The number of rotatable bonds is 6. The van der Waals surface area contributed by atoms with Crippen molar-refractivity contribution >= 4 is 5.82 Å². The van der Waals surface area contributed by atoms with E-state index in [4.69, 9.17) is 0 Å². The first kappa shape index (κ1) is 21.2. The first-order valence-electron chi connectivity index (χ1n) is 9.66. The molecule has 32 heavy (non-hydrogen) atoms. The lowest BCUT2D eigenvalue weighted by atomic mass is 10.0. The van der Waals surface area contributed by atoms with Gasteiger partial charge in [0.25, 0.3) is 0 Å². The second-order valence-electron chi connectivity index (χ2n) is 6.93. The summed E-state index contributed by atoms with van der Waals surface area (Å²) in [5.74, 6) is 0.990. The fourth-order valence-electron chi connectivity index (χ4n) is 3.09. The van der Waals surface area contributed by atoms with Gasteiger partial charge in [-0.15, -0.1) is 13.2 Å². The number of pyridine rings is 2. The highest BCUT2D eigenvalue weighted by molar-refractivity contribution is 5.71. The third kappa shape index (κ3) is 5.57. The lowest BCUT2D eigenvalue weighted by Gasteiger charge is -2.11. The van der Waals surface area contributed by atoms with Gasteiger partial charge in [-0.1, -0.05) is 12.1 Å². The van der Waals surface area contributed by atoms with Crippen molar-refractivity contribution < 1.29 is 17.9 Å². The van der Waals surface area contributed by atoms with Crippen LogP contribution in [0.25, 0.3) is 22.4 Å². The van der Waals surface area contributed by atoms with Gasteiger partial charge in [-0.25, -0.2) is 9.97 Å². The van der Waals surface area contributed by atoms with E-state index in [9.17, 15) is 13.2 Å². The molecule has 0 fully saturated rings. The van der Waals surface area contributed by atoms with Gasteiger partial charge < -0.3 is 10.1 Å². The molecule has 6 nitrogen and oxygen atoms in total. The maximum Gasteiger partial charge on any atom is 0.573 e. The Morgan fingerprint density at radius 1 is 0.844 bits per heavy atom. The van der Waals surface area contributed by atoms with Gasteiger partial charge >= 0.3 is 6.36 Å². The molecule has 9 heteroatoms. The van der Waals surface area contributed by atoms with Gasteiger partial charge in [0.15, 0.2) is 0 Å². The first-order valence-corrected chi connectivity index (χ1v) is 9.66. The molecule has 0 amide bonds. The molecule has 0 bridgehead atoms. The average molecular weight is 437 g/mol. The van der Waals surface area contributed by atoms with Crippen molar-refractivity contribution in [2.75, 3.05) is 5.32 Å². The highest BCUT2D eigenvalue weighted by Crippen LogP contribution is 2.28. The Hall–Kier alpha value is -4.01. The predicted octanol–water partition coefficient (Wildman–Crippen LogP) is 5.42. The molecule has 1 aromatic carbocycles. The van der Waals surface area contributed by atoms with E-state index in [0.717, 1.165) is 16.7 Å². The van der Waals surface area contributed by atoms with E-state index in [1.54, 1.807) is 43.8 Å². The number of hydrogen-bond donors (Lipinski definition) is 1. The van der Waals surface area contributed by atoms with Crippen LogP contribution < -0.4 is 10.1 Å². The third-order valence-electron chi connectivity index (χ3n) is 4.52. The summed E-state index contributed by atoms with van der Waals surface area (Å²) in [6.45, 7) is 2.39. The van der Waals surface area contributed by atoms with Crippen LogP contribution in [-0.2, 0) is 6.54 Å². The summed E-state index contributed by atoms with van der Waals surface area (Å²) in [5, 5.41) is 3.28. The second kappa shape index (κ2) is 9.01. The van der Waals surface area contributed by atoms with Gasteiger partial charge in [-0.05, 0) is 48.4 Å². The van der Waals surface area contributed by atoms with Gasteiger partial charge in [0.2, 0.25) is 0 Å². The Balaban J connectivity index is 1.56. The molecule has 4 rings (SSSR count). The summed E-state index contributed by atoms with van der Waals surface area (Å²) in [7, 11) is 0. The number of anilines is 1. The number of halogens is 3. The molecule has 3 aromatic heterocycles. The van der Waals surface area contributed by atoms with Crippen molar-refractivity contribution in [2.24, 2.45) is 0 Å². The number of alkyl halides is 3. The summed E-state index contributed by atoms with van der Waals surface area (Å²) in [5.41, 5.74) is 3.95. The summed E-state index contributed by atoms with van der Waals surface area (Å²) >= 11 is 0. The summed E-state index contributed by atoms with van der Waals surface area (Å²) in [4.78, 5) is 17.2. The highest BCUT2D eigenvalue weighted by Gasteiger charge is 2.30. The summed E-state index contributed by atoms with van der Waals surface area (Å²) < 4.78 is 41.0. The fraction of sp³-hybridized carbons (Fsp3) is 0.130. The SMILES string of the molecule is Cc1nc(NCc2ccncc2)cc(-c2cncc(-c3ccc(OC(F)(F)F)cc3)c2)n1. The molecule has 3 heterocycles. The molecular formula is C23H18F3N5O. The largest absolute Gasteiger partial charge is 0.573 e. The minimum absolute atomic E-state index is 0.276. The molecule has 0 radical (unpaired) electrons. The van der Waals surface area contributed by atoms with Crippen LogP contribution in [0.2, 0.25) is 0 Å². The van der Waals surface area contributed by atoms with Crippen molar-refractivity contribution in [1.82, 2.24) is 19.9 Å². The summed E-state index contributed by atoms with van der Waals surface area (Å²) in [6, 6.07) is 13.2. The molecule has 0 aliphatic heterocycles. The number of nitrogens with zero attached hydrogens (tertiary/aromatic N) is 4. The first-order chi connectivity index (χ1) is 15.4. The van der Waals surface area contributed by atoms with Crippen molar-refractivity contribution in [3.05, 3.63) is 84.7 Å². The van der Waals surface area contributed by atoms with Gasteiger partial charge in [-0.2, -0.15) is 0 Å². The van der Waals surface area contributed by atoms with Gasteiger partial charge in [0, 0.05) is 48.5 Å². The molecule has 0 saturated heterocycles. The Labute approximate surface area is 182 Å². The van der Waals surface area contributed by atoms with E-state index in [2.05, 4.69) is 30.0 Å². The van der Waals surface area contributed by atoms with Crippen molar-refractivity contribution in [2.45, 2.75) is 19.8 Å². The Morgan fingerprint density at radius 2 is 1.56 bits per heavy atom. The van der Waals surface area contributed by atoms with Crippen LogP contribution in [0.3, 0.4) is 0 Å². The van der Waals surface area contributed by atoms with Crippen LogP contribution in [0.15, 0.2) is 73.3 Å². The minimum Gasteiger partial charge on any atom is -0.406 e. The topological polar surface area (TPSA) is 72.8 Å². The number of aryl methyl sites for hydroxylation is 1. The van der Waals surface area contributed by atoms with Crippen LogP contribution >= 0.6 is 0 Å². The summed E-state index contributed by atoms with van der Waals surface area (Å²) in [6.07, 6.45) is 2.05. The number of ether oxygens (including phenoxy) is 1. The zero-order valence-electron chi connectivity index (χ0n) is 17.0. The molecule has 162 valence electrons. The lowest BCUT2D eigenvalue weighted by molar-refractivity contribution is -0.274. The van der Waals surface area contributed by atoms with E-state index >= 15 is 0 Å². The molecule has 0 aliphatic rings. The fourth-order valence-corrected chi connectivity index (χ4v) is 3.09. The molecule has 0 unspecified atom stereocenters. The Morgan fingerprint density at radius 3 is 2.28 bits per heavy atom. The Kier molecular flexibility index (Phi) is 5.98. The minimum atomic E-state index is -4.73. The quantitative estimate of drug-likeness (QED) is 0.434. The number of nitrogens with one attached hydrogen (secondary N) is 1. The van der Waals surface area contributed by atoms with E-state index < -0.39 is 6.36 Å². The van der Waals surface area contributed by atoms with E-state index in [-0.39, 0.29) is 5.75 Å². The molecule has 0 saturated carbocycles. The maximum atomic E-state index is 12.4. The third-order valence-corrected chi connectivity index (χ3v) is 4.52. The van der Waals surface area contributed by atoms with Crippen molar-refractivity contribution in [3.63, 3.8) is 0 Å². The number of aromatic nitrogens is 4. The molecule has 0 aliphatic carbocycles. The monoisotopic (exact) mass is 437 g/mol. The predicted molar refractivity (Wildman–Crippen MR) is 114 cm³/mol. The van der Waals surface area contributed by atoms with Crippen LogP contribution in [0.5, 0.6) is 5.75 Å². The van der Waals surface area contributed by atoms with Gasteiger partial charge in [0.1, 0.15) is 17.4 Å². The smallest absolute Gasteiger partial charge is 0.406 e. The average Bonchev–Trinajstić information content (AvgIpc) is 2.78. The molecular weight excluding hydrogens is 419 g/mol. The molecule has 1 N–H and O–H groups in total. The van der Waals surface area contributed by atoms with Gasteiger partial charge in [-0.3, -0.25) is 9.97 Å². The van der Waals surface area contributed by atoms with Crippen LogP contribution in [0, 0.1) is 6.92 Å². The van der Waals surface area contributed by atoms with E-state index in [0.29, 0.717) is 29.4 Å². The zero-order valence-corrected chi connectivity index (χ0v) is 17.0. The van der Waals surface area contributed by atoms with Crippen molar-refractivity contribution in [1.29, 1.82) is 0 Å². The Bertz CT molecular complexity index is 1200. The lowest BCUT2D eigenvalue weighted by Crippen LogP contribution is -2.16. The molecule has 0 atom stereocenters. The second-order valence-corrected chi connectivity index (χ2v) is 6.93. The number of hydrogen-bond acceptors (Lipinski definition) is 6. The molecule has 0 spiro atoms. The van der Waals surface area contributed by atoms with Crippen LogP contribution in [-0.4, -0.2) is 26.3 Å². The molecule has 4 aromatic rings. The highest BCUT2D eigenvalue weighted by atomic mass is 19.4.